The summed E-state index contributed by atoms with van der Waals surface area (Å²) in [6.07, 6.45) is 1.55. The molecule has 0 unspecified atom stereocenters. The molecule has 5 heteroatoms. The quantitative estimate of drug-likeness (QED) is 0.767. The number of nitrogens with zero attached hydrogens (tertiary/aromatic N) is 1. The average Bonchev–Trinajstić information content (AvgIpc) is 2.82. The van der Waals surface area contributed by atoms with Crippen molar-refractivity contribution in [2.45, 2.75) is 6.54 Å². The topological polar surface area (TPSA) is 42.2 Å². The fraction of sp³-hybridized carbons (Fsp3) is 0.0625. The van der Waals surface area contributed by atoms with Gasteiger partial charge in [-0.3, -0.25) is 0 Å². The lowest BCUT2D eigenvalue weighted by Crippen LogP contribution is -2.01. The second-order valence-corrected chi connectivity index (χ2v) is 5.64. The van der Waals surface area contributed by atoms with Gasteiger partial charge in [0.05, 0.1) is 12.1 Å². The molecule has 1 aromatic heterocycles. The van der Waals surface area contributed by atoms with Crippen molar-refractivity contribution < 1.29 is 14.3 Å². The summed E-state index contributed by atoms with van der Waals surface area (Å²) in [5.41, 5.74) is 1.50. The first kappa shape index (κ1) is 13.8. The molecule has 0 fully saturated rings. The molecular weight excluding hydrogens is 337 g/mol. The molecule has 0 saturated heterocycles. The number of fused-ring (bicyclic) bond motifs is 1. The molecule has 1 N–H and O–H groups in total. The Hall–Kier alpha value is -2.14. The van der Waals surface area contributed by atoms with Crippen LogP contribution in [-0.2, 0) is 6.54 Å². The van der Waals surface area contributed by atoms with Crippen LogP contribution in [0.25, 0.3) is 10.9 Å². The van der Waals surface area contributed by atoms with Crippen LogP contribution < -0.4 is 0 Å². The maximum absolute atomic E-state index is 13.9. The van der Waals surface area contributed by atoms with Crippen LogP contribution in [0.1, 0.15) is 15.9 Å². The first-order valence-electron chi connectivity index (χ1n) is 6.31. The van der Waals surface area contributed by atoms with E-state index in [9.17, 15) is 14.3 Å². The van der Waals surface area contributed by atoms with E-state index in [4.69, 9.17) is 0 Å². The molecule has 0 saturated carbocycles. The molecule has 3 aromatic rings. The summed E-state index contributed by atoms with van der Waals surface area (Å²) in [7, 11) is 0. The number of aromatic nitrogens is 1. The van der Waals surface area contributed by atoms with Gasteiger partial charge in [-0.05, 0) is 24.3 Å². The summed E-state index contributed by atoms with van der Waals surface area (Å²) in [6, 6.07) is 11.9. The molecule has 0 aliphatic heterocycles. The third-order valence-corrected chi connectivity index (χ3v) is 3.86. The summed E-state index contributed by atoms with van der Waals surface area (Å²) in [5, 5.41) is 9.92. The molecule has 0 bridgehead atoms. The predicted octanol–water partition coefficient (Wildman–Crippen LogP) is 4.29. The minimum atomic E-state index is -0.986. The van der Waals surface area contributed by atoms with Crippen LogP contribution in [-0.4, -0.2) is 15.6 Å². The molecule has 3 rings (SSSR count). The van der Waals surface area contributed by atoms with Gasteiger partial charge in [0.15, 0.2) is 0 Å². The lowest BCUT2D eigenvalue weighted by Gasteiger charge is -2.07. The van der Waals surface area contributed by atoms with E-state index in [-0.39, 0.29) is 17.9 Å². The second kappa shape index (κ2) is 5.33. The van der Waals surface area contributed by atoms with Crippen LogP contribution in [0, 0.1) is 5.82 Å². The largest absolute Gasteiger partial charge is 0.478 e. The van der Waals surface area contributed by atoms with E-state index >= 15 is 0 Å². The van der Waals surface area contributed by atoms with E-state index in [0.29, 0.717) is 10.9 Å². The zero-order valence-electron chi connectivity index (χ0n) is 10.9. The smallest absolute Gasteiger partial charge is 0.337 e. The molecule has 0 aliphatic rings. The Morgan fingerprint density at radius 3 is 2.76 bits per heavy atom. The molecule has 106 valence electrons. The van der Waals surface area contributed by atoms with Crippen LogP contribution in [0.2, 0.25) is 0 Å². The van der Waals surface area contributed by atoms with Crippen LogP contribution in [0.15, 0.2) is 53.1 Å². The molecule has 21 heavy (non-hydrogen) atoms. The van der Waals surface area contributed by atoms with Crippen LogP contribution in [0.3, 0.4) is 0 Å². The van der Waals surface area contributed by atoms with Crippen molar-refractivity contribution in [1.29, 1.82) is 0 Å². The van der Waals surface area contributed by atoms with Gasteiger partial charge in [0.2, 0.25) is 0 Å². The standard InChI is InChI=1S/C16H11BrFNO2/c17-11-5-6-14(18)10(7-11)8-19-9-13(16(20)21)12-3-1-2-4-15(12)19/h1-7,9H,8H2,(H,20,21). The second-order valence-electron chi connectivity index (χ2n) is 4.73. The van der Waals surface area contributed by atoms with Gasteiger partial charge < -0.3 is 9.67 Å². The van der Waals surface area contributed by atoms with Crippen molar-refractivity contribution in [2.24, 2.45) is 0 Å². The molecule has 0 radical (unpaired) electrons. The fourth-order valence-corrected chi connectivity index (χ4v) is 2.80. The number of benzene rings is 2. The van der Waals surface area contributed by atoms with E-state index in [0.717, 1.165) is 9.99 Å². The summed E-state index contributed by atoms with van der Waals surface area (Å²) < 4.78 is 16.4. The molecule has 2 aromatic carbocycles. The van der Waals surface area contributed by atoms with Gasteiger partial charge in [0.1, 0.15) is 5.82 Å². The van der Waals surface area contributed by atoms with E-state index in [1.54, 1.807) is 35.0 Å². The highest BCUT2D eigenvalue weighted by atomic mass is 79.9. The third kappa shape index (κ3) is 2.56. The highest BCUT2D eigenvalue weighted by Gasteiger charge is 2.14. The number of para-hydroxylation sites is 1. The zero-order chi connectivity index (χ0) is 15.0. The summed E-state index contributed by atoms with van der Waals surface area (Å²) in [5.74, 6) is -1.30. The molecule has 3 nitrogen and oxygen atoms in total. The molecular formula is C16H11BrFNO2. The number of carbonyl (C=O) groups is 1. The Bertz CT molecular complexity index is 841. The minimum Gasteiger partial charge on any atom is -0.478 e. The van der Waals surface area contributed by atoms with E-state index in [2.05, 4.69) is 15.9 Å². The Morgan fingerprint density at radius 1 is 1.24 bits per heavy atom. The van der Waals surface area contributed by atoms with Gasteiger partial charge in [0, 0.05) is 27.1 Å². The number of halogens is 2. The third-order valence-electron chi connectivity index (χ3n) is 3.37. The van der Waals surface area contributed by atoms with Crippen molar-refractivity contribution in [3.8, 4) is 0 Å². The van der Waals surface area contributed by atoms with Gasteiger partial charge in [0.25, 0.3) is 0 Å². The number of carboxylic acids is 1. The fourth-order valence-electron chi connectivity index (χ4n) is 2.40. The molecule has 0 aliphatic carbocycles. The molecule has 1 heterocycles. The van der Waals surface area contributed by atoms with Crippen molar-refractivity contribution in [2.75, 3.05) is 0 Å². The molecule has 0 spiro atoms. The zero-order valence-corrected chi connectivity index (χ0v) is 12.5. The van der Waals surface area contributed by atoms with Crippen molar-refractivity contribution in [3.05, 3.63) is 70.1 Å². The van der Waals surface area contributed by atoms with E-state index in [1.807, 2.05) is 12.1 Å². The van der Waals surface area contributed by atoms with Crippen molar-refractivity contribution in [1.82, 2.24) is 4.57 Å². The summed E-state index contributed by atoms with van der Waals surface area (Å²) in [4.78, 5) is 11.3. The number of carboxylic acid groups (broad SMARTS) is 1. The van der Waals surface area contributed by atoms with Gasteiger partial charge in [-0.15, -0.1) is 0 Å². The maximum Gasteiger partial charge on any atom is 0.337 e. The monoisotopic (exact) mass is 347 g/mol. The lowest BCUT2D eigenvalue weighted by atomic mass is 10.2. The highest BCUT2D eigenvalue weighted by Crippen LogP contribution is 2.24. The van der Waals surface area contributed by atoms with Gasteiger partial charge in [-0.25, -0.2) is 9.18 Å². The Labute approximate surface area is 128 Å². The average molecular weight is 348 g/mol. The Morgan fingerprint density at radius 2 is 2.00 bits per heavy atom. The van der Waals surface area contributed by atoms with Crippen LogP contribution in [0.5, 0.6) is 0 Å². The van der Waals surface area contributed by atoms with E-state index in [1.165, 1.54) is 6.07 Å². The highest BCUT2D eigenvalue weighted by molar-refractivity contribution is 9.10. The normalized spacial score (nSPS) is 11.0. The Balaban J connectivity index is 2.13. The number of aromatic carboxylic acids is 1. The van der Waals surface area contributed by atoms with Crippen molar-refractivity contribution in [3.63, 3.8) is 0 Å². The van der Waals surface area contributed by atoms with Gasteiger partial charge >= 0.3 is 5.97 Å². The minimum absolute atomic E-state index is 0.223. The number of rotatable bonds is 3. The lowest BCUT2D eigenvalue weighted by molar-refractivity contribution is 0.0699. The van der Waals surface area contributed by atoms with Gasteiger partial charge in [-0.2, -0.15) is 0 Å². The maximum atomic E-state index is 13.9. The van der Waals surface area contributed by atoms with Gasteiger partial charge in [-0.1, -0.05) is 34.1 Å². The summed E-state index contributed by atoms with van der Waals surface area (Å²) >= 11 is 3.32. The predicted molar refractivity (Wildman–Crippen MR) is 82.1 cm³/mol. The van der Waals surface area contributed by atoms with Crippen LogP contribution >= 0.6 is 15.9 Å². The van der Waals surface area contributed by atoms with Crippen LogP contribution in [0.4, 0.5) is 4.39 Å². The van der Waals surface area contributed by atoms with E-state index < -0.39 is 5.97 Å². The molecule has 0 amide bonds. The SMILES string of the molecule is O=C(O)c1cn(Cc2cc(Br)ccc2F)c2ccccc12. The Kier molecular flexibility index (Phi) is 3.51. The molecule has 0 atom stereocenters. The number of hydrogen-bond acceptors (Lipinski definition) is 1. The first-order chi connectivity index (χ1) is 10.1. The van der Waals surface area contributed by atoms with Crippen molar-refractivity contribution >= 4 is 32.8 Å². The summed E-state index contributed by atoms with van der Waals surface area (Å²) in [6.45, 7) is 0.277. The first-order valence-corrected chi connectivity index (χ1v) is 7.10. The number of hydrogen-bond donors (Lipinski definition) is 1.